The lowest BCUT2D eigenvalue weighted by atomic mass is 9.91. The summed E-state index contributed by atoms with van der Waals surface area (Å²) < 4.78 is 0. The molecule has 1 heterocycles. The van der Waals surface area contributed by atoms with Gasteiger partial charge >= 0.3 is 0 Å². The summed E-state index contributed by atoms with van der Waals surface area (Å²) in [5, 5.41) is 3.59. The highest BCUT2D eigenvalue weighted by molar-refractivity contribution is 5.81. The van der Waals surface area contributed by atoms with Gasteiger partial charge in [0.15, 0.2) is 0 Å². The molecular formula is C23H30N2O. The van der Waals surface area contributed by atoms with Gasteiger partial charge < -0.3 is 4.90 Å². The molecule has 0 unspecified atom stereocenters. The first-order valence-corrected chi connectivity index (χ1v) is 9.69. The lowest BCUT2D eigenvalue weighted by Crippen LogP contribution is -2.50. The average molecular weight is 351 g/mol. The molecule has 3 rings (SSSR count). The number of nitrogens with one attached hydrogen (secondary N) is 1. The van der Waals surface area contributed by atoms with Crippen molar-refractivity contribution in [3.05, 3.63) is 71.8 Å². The number of carbonyl (C=O) groups excluding carboxylic acids is 1. The van der Waals surface area contributed by atoms with E-state index in [0.717, 1.165) is 13.1 Å². The summed E-state index contributed by atoms with van der Waals surface area (Å²) in [6.07, 6.45) is 1.21. The molecule has 0 aromatic heterocycles. The smallest absolute Gasteiger partial charge is 0.239 e. The topological polar surface area (TPSA) is 32.3 Å². The van der Waals surface area contributed by atoms with Gasteiger partial charge in [-0.15, -0.1) is 0 Å². The Labute approximate surface area is 157 Å². The quantitative estimate of drug-likeness (QED) is 0.874. The van der Waals surface area contributed by atoms with Crippen molar-refractivity contribution in [1.82, 2.24) is 10.2 Å². The monoisotopic (exact) mass is 350 g/mol. The molecule has 1 saturated heterocycles. The van der Waals surface area contributed by atoms with Crippen molar-refractivity contribution in [3.63, 3.8) is 0 Å². The second-order valence-electron chi connectivity index (χ2n) is 7.83. The standard InChI is InChI=1S/C23H30N2O/c1-17-14-18(2)16-25(15-17)23(26)19(3)24-22(20-10-6-4-7-11-20)21-12-8-5-9-13-21/h4-13,17-19,22,24H,14-16H2,1-3H3/t17-,18+,19-/m0/s1. The summed E-state index contributed by atoms with van der Waals surface area (Å²) in [5.74, 6) is 1.36. The number of nitrogens with zero attached hydrogens (tertiary/aromatic N) is 1. The summed E-state index contributed by atoms with van der Waals surface area (Å²) >= 11 is 0. The first-order valence-electron chi connectivity index (χ1n) is 9.69. The Balaban J connectivity index is 1.77. The summed E-state index contributed by atoms with van der Waals surface area (Å²) in [4.78, 5) is 15.1. The third kappa shape index (κ3) is 4.53. The van der Waals surface area contributed by atoms with Crippen LogP contribution in [0.3, 0.4) is 0 Å². The zero-order chi connectivity index (χ0) is 18.5. The van der Waals surface area contributed by atoms with Crippen LogP contribution in [0.1, 0.15) is 44.4 Å². The van der Waals surface area contributed by atoms with E-state index < -0.39 is 0 Å². The molecule has 0 bridgehead atoms. The number of carbonyl (C=O) groups is 1. The largest absolute Gasteiger partial charge is 0.341 e. The van der Waals surface area contributed by atoms with Crippen molar-refractivity contribution in [3.8, 4) is 0 Å². The van der Waals surface area contributed by atoms with Crippen molar-refractivity contribution in [2.75, 3.05) is 13.1 Å². The molecule has 0 saturated carbocycles. The summed E-state index contributed by atoms with van der Waals surface area (Å²) in [6.45, 7) is 8.22. The molecule has 1 aliphatic rings. The number of hydrogen-bond acceptors (Lipinski definition) is 2. The number of hydrogen-bond donors (Lipinski definition) is 1. The van der Waals surface area contributed by atoms with E-state index in [1.165, 1.54) is 17.5 Å². The minimum absolute atomic E-state index is 0.0102. The van der Waals surface area contributed by atoms with Gasteiger partial charge in [-0.2, -0.15) is 0 Å². The third-order valence-corrected chi connectivity index (χ3v) is 5.23. The number of piperidine rings is 1. The summed E-state index contributed by atoms with van der Waals surface area (Å²) in [5.41, 5.74) is 2.36. The fourth-order valence-corrected chi connectivity index (χ4v) is 4.11. The first-order chi connectivity index (χ1) is 12.5. The second kappa shape index (κ2) is 8.50. The van der Waals surface area contributed by atoms with Crippen molar-refractivity contribution in [1.29, 1.82) is 0 Å². The maximum Gasteiger partial charge on any atom is 0.239 e. The van der Waals surface area contributed by atoms with E-state index >= 15 is 0 Å². The number of likely N-dealkylation sites (tertiary alicyclic amines) is 1. The lowest BCUT2D eigenvalue weighted by Gasteiger charge is -2.37. The molecule has 3 heteroatoms. The van der Waals surface area contributed by atoms with Gasteiger partial charge in [-0.3, -0.25) is 10.1 Å². The van der Waals surface area contributed by atoms with Gasteiger partial charge in [0.2, 0.25) is 5.91 Å². The van der Waals surface area contributed by atoms with Crippen molar-refractivity contribution in [2.24, 2.45) is 11.8 Å². The van der Waals surface area contributed by atoms with Crippen LogP contribution in [0.25, 0.3) is 0 Å². The van der Waals surface area contributed by atoms with E-state index in [-0.39, 0.29) is 18.0 Å². The van der Waals surface area contributed by atoms with Crippen molar-refractivity contribution < 1.29 is 4.79 Å². The van der Waals surface area contributed by atoms with Gasteiger partial charge in [0.25, 0.3) is 0 Å². The fraction of sp³-hybridized carbons (Fsp3) is 0.435. The molecule has 26 heavy (non-hydrogen) atoms. The van der Waals surface area contributed by atoms with Gasteiger partial charge in [-0.05, 0) is 36.3 Å². The van der Waals surface area contributed by atoms with Crippen LogP contribution in [-0.2, 0) is 4.79 Å². The zero-order valence-corrected chi connectivity index (χ0v) is 16.1. The SMILES string of the molecule is C[C@@H]1C[C@H](C)CN(C(=O)[C@H](C)NC(c2ccccc2)c2ccccc2)C1. The normalized spacial score (nSPS) is 21.6. The molecule has 3 atom stereocenters. The Morgan fingerprint density at radius 3 is 1.85 bits per heavy atom. The molecule has 1 N–H and O–H groups in total. The maximum atomic E-state index is 13.1. The van der Waals surface area contributed by atoms with Crippen LogP contribution in [0.5, 0.6) is 0 Å². The number of amides is 1. The van der Waals surface area contributed by atoms with E-state index in [1.54, 1.807) is 0 Å². The van der Waals surface area contributed by atoms with Crippen LogP contribution >= 0.6 is 0 Å². The molecular weight excluding hydrogens is 320 g/mol. The van der Waals surface area contributed by atoms with Gasteiger partial charge in [0, 0.05) is 13.1 Å². The van der Waals surface area contributed by atoms with E-state index in [9.17, 15) is 4.79 Å². The highest BCUT2D eigenvalue weighted by atomic mass is 16.2. The number of rotatable bonds is 5. The highest BCUT2D eigenvalue weighted by Crippen LogP contribution is 2.24. The molecule has 2 aromatic rings. The van der Waals surface area contributed by atoms with Crippen LogP contribution in [0, 0.1) is 11.8 Å². The molecule has 138 valence electrons. The molecule has 1 fully saturated rings. The number of benzene rings is 2. The molecule has 1 amide bonds. The maximum absolute atomic E-state index is 13.1. The molecule has 3 nitrogen and oxygen atoms in total. The minimum atomic E-state index is -0.224. The van der Waals surface area contributed by atoms with Crippen LogP contribution in [0.2, 0.25) is 0 Å². The summed E-state index contributed by atoms with van der Waals surface area (Å²) in [7, 11) is 0. The Kier molecular flexibility index (Phi) is 6.10. The van der Waals surface area contributed by atoms with E-state index in [0.29, 0.717) is 11.8 Å². The average Bonchev–Trinajstić information content (AvgIpc) is 2.66. The summed E-state index contributed by atoms with van der Waals surface area (Å²) in [6, 6.07) is 20.5. The lowest BCUT2D eigenvalue weighted by molar-refractivity contribution is -0.135. The first kappa shape index (κ1) is 18.7. The van der Waals surface area contributed by atoms with Crippen LogP contribution in [0.15, 0.2) is 60.7 Å². The molecule has 2 aromatic carbocycles. The molecule has 0 aliphatic carbocycles. The highest BCUT2D eigenvalue weighted by Gasteiger charge is 2.29. The minimum Gasteiger partial charge on any atom is -0.341 e. The fourth-order valence-electron chi connectivity index (χ4n) is 4.11. The predicted molar refractivity (Wildman–Crippen MR) is 107 cm³/mol. The van der Waals surface area contributed by atoms with Gasteiger partial charge in [-0.25, -0.2) is 0 Å². The van der Waals surface area contributed by atoms with E-state index in [2.05, 4.69) is 43.4 Å². The Morgan fingerprint density at radius 1 is 0.923 bits per heavy atom. The van der Waals surface area contributed by atoms with Crippen LogP contribution in [0.4, 0.5) is 0 Å². The predicted octanol–water partition coefficient (Wildman–Crippen LogP) is 4.26. The van der Waals surface area contributed by atoms with Crippen molar-refractivity contribution in [2.45, 2.75) is 39.3 Å². The molecule has 0 radical (unpaired) electrons. The van der Waals surface area contributed by atoms with Crippen molar-refractivity contribution >= 4 is 5.91 Å². The zero-order valence-electron chi connectivity index (χ0n) is 16.1. The van der Waals surface area contributed by atoms with Gasteiger partial charge in [0.05, 0.1) is 12.1 Å². The van der Waals surface area contributed by atoms with Crippen LogP contribution in [-0.4, -0.2) is 29.9 Å². The molecule has 0 spiro atoms. The Morgan fingerprint density at radius 2 is 1.38 bits per heavy atom. The van der Waals surface area contributed by atoms with Crippen LogP contribution < -0.4 is 5.32 Å². The van der Waals surface area contributed by atoms with Gasteiger partial charge in [0.1, 0.15) is 0 Å². The van der Waals surface area contributed by atoms with Gasteiger partial charge in [-0.1, -0.05) is 74.5 Å². The Hall–Kier alpha value is -2.13. The second-order valence-corrected chi connectivity index (χ2v) is 7.83. The molecule has 1 aliphatic heterocycles. The Bertz CT molecular complexity index is 651. The van der Waals surface area contributed by atoms with E-state index in [1.807, 2.05) is 48.2 Å². The third-order valence-electron chi connectivity index (χ3n) is 5.23. The van der Waals surface area contributed by atoms with E-state index in [4.69, 9.17) is 0 Å².